The van der Waals surface area contributed by atoms with E-state index in [0.717, 1.165) is 30.2 Å². The molecule has 0 amide bonds. The molecule has 0 atom stereocenters. The van der Waals surface area contributed by atoms with Crippen LogP contribution < -0.4 is 5.32 Å². The molecule has 1 heterocycles. The van der Waals surface area contributed by atoms with Crippen LogP contribution in [-0.4, -0.2) is 11.5 Å². The highest BCUT2D eigenvalue weighted by Gasteiger charge is 2.12. The Balaban J connectivity index is 2.34. The summed E-state index contributed by atoms with van der Waals surface area (Å²) in [5.74, 6) is 0.720. The highest BCUT2D eigenvalue weighted by atomic mass is 16.3. The highest BCUT2D eigenvalue weighted by molar-refractivity contribution is 5.64. The SMILES string of the molecule is CCNCc1coc(-c2c(C)cc(C)cc2C)n1. The number of benzene rings is 1. The molecule has 3 heteroatoms. The normalized spacial score (nSPS) is 10.9. The van der Waals surface area contributed by atoms with Gasteiger partial charge >= 0.3 is 0 Å². The minimum absolute atomic E-state index is 0.720. The summed E-state index contributed by atoms with van der Waals surface area (Å²) in [4.78, 5) is 4.54. The molecule has 0 fully saturated rings. The van der Waals surface area contributed by atoms with E-state index in [-0.39, 0.29) is 0 Å². The Morgan fingerprint density at radius 2 is 1.83 bits per heavy atom. The Hall–Kier alpha value is -1.61. The lowest BCUT2D eigenvalue weighted by molar-refractivity contribution is 0.570. The zero-order valence-corrected chi connectivity index (χ0v) is 11.5. The van der Waals surface area contributed by atoms with Crippen LogP contribution in [0.3, 0.4) is 0 Å². The van der Waals surface area contributed by atoms with Crippen LogP contribution in [0.2, 0.25) is 0 Å². The van der Waals surface area contributed by atoms with Crippen LogP contribution in [0.4, 0.5) is 0 Å². The van der Waals surface area contributed by atoms with Crippen LogP contribution in [0.1, 0.15) is 29.3 Å². The van der Waals surface area contributed by atoms with Crippen molar-refractivity contribution in [2.24, 2.45) is 0 Å². The summed E-state index contributed by atoms with van der Waals surface area (Å²) < 4.78 is 5.60. The first-order chi connectivity index (χ1) is 8.61. The maximum Gasteiger partial charge on any atom is 0.226 e. The van der Waals surface area contributed by atoms with Crippen molar-refractivity contribution in [2.75, 3.05) is 6.54 Å². The third-order valence-corrected chi connectivity index (χ3v) is 3.00. The van der Waals surface area contributed by atoms with Crippen LogP contribution in [0, 0.1) is 20.8 Å². The predicted octanol–water partition coefficient (Wildman–Crippen LogP) is 3.38. The molecule has 0 saturated heterocycles. The van der Waals surface area contributed by atoms with Gasteiger partial charge in [-0.3, -0.25) is 0 Å². The number of nitrogens with one attached hydrogen (secondary N) is 1. The lowest BCUT2D eigenvalue weighted by Gasteiger charge is -2.07. The van der Waals surface area contributed by atoms with E-state index in [4.69, 9.17) is 4.42 Å². The molecule has 1 aromatic carbocycles. The van der Waals surface area contributed by atoms with Crippen molar-refractivity contribution in [1.29, 1.82) is 0 Å². The van der Waals surface area contributed by atoms with Gasteiger partial charge in [0, 0.05) is 12.1 Å². The van der Waals surface area contributed by atoms with Crippen LogP contribution in [0.25, 0.3) is 11.5 Å². The number of nitrogens with zero attached hydrogens (tertiary/aromatic N) is 1. The topological polar surface area (TPSA) is 38.1 Å². The van der Waals surface area contributed by atoms with Gasteiger partial charge in [-0.1, -0.05) is 24.6 Å². The van der Waals surface area contributed by atoms with Gasteiger partial charge < -0.3 is 9.73 Å². The number of oxazole rings is 1. The summed E-state index contributed by atoms with van der Waals surface area (Å²) in [5, 5.41) is 3.25. The Kier molecular flexibility index (Phi) is 3.82. The average molecular weight is 244 g/mol. The van der Waals surface area contributed by atoms with Gasteiger partial charge in [0.05, 0.1) is 5.69 Å². The van der Waals surface area contributed by atoms with Gasteiger partial charge in [0.25, 0.3) is 0 Å². The highest BCUT2D eigenvalue weighted by Crippen LogP contribution is 2.27. The van der Waals surface area contributed by atoms with Crippen molar-refractivity contribution < 1.29 is 4.42 Å². The van der Waals surface area contributed by atoms with Crippen molar-refractivity contribution >= 4 is 0 Å². The Morgan fingerprint density at radius 3 is 2.44 bits per heavy atom. The molecule has 0 bridgehead atoms. The molecule has 96 valence electrons. The maximum atomic E-state index is 5.60. The molecule has 0 aliphatic heterocycles. The van der Waals surface area contributed by atoms with Gasteiger partial charge in [0.15, 0.2) is 0 Å². The summed E-state index contributed by atoms with van der Waals surface area (Å²) in [5.41, 5.74) is 5.76. The van der Waals surface area contributed by atoms with Gasteiger partial charge in [-0.15, -0.1) is 0 Å². The fourth-order valence-corrected chi connectivity index (χ4v) is 2.27. The molecule has 0 aliphatic rings. The molecule has 0 unspecified atom stereocenters. The molecular formula is C15H20N2O. The zero-order valence-electron chi connectivity index (χ0n) is 11.5. The van der Waals surface area contributed by atoms with Gasteiger partial charge in [-0.2, -0.15) is 0 Å². The number of hydrogen-bond donors (Lipinski definition) is 1. The molecule has 2 aromatic rings. The average Bonchev–Trinajstić information content (AvgIpc) is 2.73. The van der Waals surface area contributed by atoms with Crippen LogP contribution in [0.15, 0.2) is 22.8 Å². The van der Waals surface area contributed by atoms with Crippen LogP contribution in [0.5, 0.6) is 0 Å². The van der Waals surface area contributed by atoms with Crippen LogP contribution >= 0.6 is 0 Å². The molecule has 0 radical (unpaired) electrons. The van der Waals surface area contributed by atoms with E-state index >= 15 is 0 Å². The molecule has 3 nitrogen and oxygen atoms in total. The Bertz CT molecular complexity index is 520. The molecule has 1 N–H and O–H groups in total. The van der Waals surface area contributed by atoms with Gasteiger partial charge in [0.2, 0.25) is 5.89 Å². The number of aryl methyl sites for hydroxylation is 3. The summed E-state index contributed by atoms with van der Waals surface area (Å²) in [6.45, 7) is 10.1. The van der Waals surface area contributed by atoms with Crippen molar-refractivity contribution in [3.8, 4) is 11.5 Å². The van der Waals surface area contributed by atoms with Crippen molar-refractivity contribution in [3.63, 3.8) is 0 Å². The molecule has 0 aliphatic carbocycles. The van der Waals surface area contributed by atoms with E-state index in [0.29, 0.717) is 0 Å². The minimum Gasteiger partial charge on any atom is -0.444 e. The second-order valence-electron chi connectivity index (χ2n) is 4.70. The number of hydrogen-bond acceptors (Lipinski definition) is 3. The van der Waals surface area contributed by atoms with Crippen molar-refractivity contribution in [1.82, 2.24) is 10.3 Å². The fraction of sp³-hybridized carbons (Fsp3) is 0.400. The first-order valence-electron chi connectivity index (χ1n) is 6.35. The molecule has 1 aromatic heterocycles. The second-order valence-corrected chi connectivity index (χ2v) is 4.70. The number of aromatic nitrogens is 1. The molecule has 2 rings (SSSR count). The lowest BCUT2D eigenvalue weighted by atomic mass is 10.00. The Morgan fingerprint density at radius 1 is 1.17 bits per heavy atom. The minimum atomic E-state index is 0.720. The quantitative estimate of drug-likeness (QED) is 0.896. The van der Waals surface area contributed by atoms with Crippen molar-refractivity contribution in [2.45, 2.75) is 34.2 Å². The van der Waals surface area contributed by atoms with E-state index in [1.165, 1.54) is 16.7 Å². The van der Waals surface area contributed by atoms with Crippen LogP contribution in [-0.2, 0) is 6.54 Å². The van der Waals surface area contributed by atoms with E-state index < -0.39 is 0 Å². The summed E-state index contributed by atoms with van der Waals surface area (Å²) in [7, 11) is 0. The van der Waals surface area contributed by atoms with E-state index in [1.54, 1.807) is 6.26 Å². The zero-order chi connectivity index (χ0) is 13.1. The number of rotatable bonds is 4. The molecular weight excluding hydrogens is 224 g/mol. The standard InChI is InChI=1S/C15H20N2O/c1-5-16-8-13-9-18-15(17-13)14-11(3)6-10(2)7-12(14)4/h6-7,9,16H,5,8H2,1-4H3. The van der Waals surface area contributed by atoms with E-state index in [2.05, 4.69) is 50.1 Å². The van der Waals surface area contributed by atoms with Gasteiger partial charge in [-0.25, -0.2) is 4.98 Å². The largest absolute Gasteiger partial charge is 0.444 e. The molecule has 18 heavy (non-hydrogen) atoms. The molecule has 0 spiro atoms. The summed E-state index contributed by atoms with van der Waals surface area (Å²) in [6, 6.07) is 4.33. The fourth-order valence-electron chi connectivity index (χ4n) is 2.27. The predicted molar refractivity (Wildman–Crippen MR) is 73.5 cm³/mol. The summed E-state index contributed by atoms with van der Waals surface area (Å²) >= 11 is 0. The maximum absolute atomic E-state index is 5.60. The first kappa shape index (κ1) is 12.8. The lowest BCUT2D eigenvalue weighted by Crippen LogP contribution is -2.11. The summed E-state index contributed by atoms with van der Waals surface area (Å²) in [6.07, 6.45) is 1.73. The second kappa shape index (κ2) is 5.36. The van der Waals surface area contributed by atoms with Gasteiger partial charge in [0.1, 0.15) is 6.26 Å². The monoisotopic (exact) mass is 244 g/mol. The first-order valence-corrected chi connectivity index (χ1v) is 6.35. The molecule has 0 saturated carbocycles. The smallest absolute Gasteiger partial charge is 0.226 e. The van der Waals surface area contributed by atoms with E-state index in [1.807, 2.05) is 0 Å². The third-order valence-electron chi connectivity index (χ3n) is 3.00. The third kappa shape index (κ3) is 2.62. The Labute approximate surface area is 108 Å². The van der Waals surface area contributed by atoms with Gasteiger partial charge in [-0.05, 0) is 38.4 Å². The van der Waals surface area contributed by atoms with Crippen molar-refractivity contribution in [3.05, 3.63) is 40.8 Å². The van der Waals surface area contributed by atoms with E-state index in [9.17, 15) is 0 Å².